The molecule has 3 aromatic rings. The normalized spacial score (nSPS) is 12.5. The molecule has 0 aliphatic heterocycles. The predicted molar refractivity (Wildman–Crippen MR) is 148 cm³/mol. The highest BCUT2D eigenvalue weighted by molar-refractivity contribution is 9.10. The van der Waals surface area contributed by atoms with E-state index in [2.05, 4.69) is 21.2 Å². The highest BCUT2D eigenvalue weighted by Crippen LogP contribution is 2.22. The molecular weight excluding hydrogens is 516 g/mol. The van der Waals surface area contributed by atoms with Crippen molar-refractivity contribution in [1.82, 2.24) is 10.2 Å². The van der Waals surface area contributed by atoms with Crippen LogP contribution in [0.15, 0.2) is 77.3 Å². The molecule has 2 amide bonds. The average Bonchev–Trinajstić information content (AvgIpc) is 2.88. The van der Waals surface area contributed by atoms with Crippen LogP contribution < -0.4 is 10.1 Å². The number of carbonyl (C=O) groups excluding carboxylic acids is 2. The number of rotatable bonds is 11. The minimum Gasteiger partial charge on any atom is -0.484 e. The van der Waals surface area contributed by atoms with Gasteiger partial charge in [-0.3, -0.25) is 9.59 Å². The summed E-state index contributed by atoms with van der Waals surface area (Å²) in [4.78, 5) is 28.9. The Labute approximate surface area is 223 Å². The van der Waals surface area contributed by atoms with Gasteiger partial charge in [0.1, 0.15) is 11.8 Å². The Morgan fingerprint density at radius 1 is 0.972 bits per heavy atom. The highest BCUT2D eigenvalue weighted by atomic mass is 79.9. The Morgan fingerprint density at radius 2 is 1.67 bits per heavy atom. The summed E-state index contributed by atoms with van der Waals surface area (Å²) >= 11 is 3.49. The topological polar surface area (TPSA) is 58.6 Å². The molecule has 0 aliphatic carbocycles. The van der Waals surface area contributed by atoms with E-state index in [0.29, 0.717) is 18.7 Å². The summed E-state index contributed by atoms with van der Waals surface area (Å²) in [6.07, 6.45) is 1.22. The van der Waals surface area contributed by atoms with Gasteiger partial charge in [0.2, 0.25) is 5.91 Å². The number of hydrogen-bond donors (Lipinski definition) is 1. The lowest BCUT2D eigenvalue weighted by Gasteiger charge is -2.32. The molecule has 190 valence electrons. The molecule has 3 rings (SSSR count). The molecule has 0 saturated carbocycles. The van der Waals surface area contributed by atoms with Gasteiger partial charge in [-0.2, -0.15) is 0 Å². The quantitative estimate of drug-likeness (QED) is 0.318. The van der Waals surface area contributed by atoms with Gasteiger partial charge >= 0.3 is 0 Å². The van der Waals surface area contributed by atoms with Crippen molar-refractivity contribution in [3.8, 4) is 5.75 Å². The van der Waals surface area contributed by atoms with Crippen LogP contribution in [0.4, 0.5) is 0 Å². The third-order valence-electron chi connectivity index (χ3n) is 6.37. The Morgan fingerprint density at radius 3 is 2.33 bits per heavy atom. The van der Waals surface area contributed by atoms with Gasteiger partial charge in [0.05, 0.1) is 0 Å². The summed E-state index contributed by atoms with van der Waals surface area (Å²) < 4.78 is 6.87. The molecule has 0 radical (unpaired) electrons. The molecule has 0 spiro atoms. The van der Waals surface area contributed by atoms with Gasteiger partial charge in [-0.15, -0.1) is 0 Å². The molecule has 5 nitrogen and oxygen atoms in total. The van der Waals surface area contributed by atoms with Crippen molar-refractivity contribution in [2.24, 2.45) is 0 Å². The third kappa shape index (κ3) is 7.69. The van der Waals surface area contributed by atoms with Gasteiger partial charge in [0, 0.05) is 23.5 Å². The van der Waals surface area contributed by atoms with Crippen molar-refractivity contribution in [3.05, 3.63) is 99.5 Å². The minimum atomic E-state index is -0.677. The van der Waals surface area contributed by atoms with Crippen LogP contribution in [0, 0.1) is 13.8 Å². The van der Waals surface area contributed by atoms with Crippen molar-refractivity contribution < 1.29 is 14.3 Å². The van der Waals surface area contributed by atoms with Crippen molar-refractivity contribution in [2.75, 3.05) is 6.61 Å². The Balaban J connectivity index is 1.92. The Kier molecular flexibility index (Phi) is 10.1. The summed E-state index contributed by atoms with van der Waals surface area (Å²) in [5, 5.41) is 3.09. The van der Waals surface area contributed by atoms with Crippen molar-refractivity contribution in [1.29, 1.82) is 0 Å². The van der Waals surface area contributed by atoms with E-state index in [1.165, 1.54) is 0 Å². The number of carbonyl (C=O) groups is 2. The molecule has 0 bridgehead atoms. The minimum absolute atomic E-state index is 0.00757. The van der Waals surface area contributed by atoms with Crippen LogP contribution in [0.25, 0.3) is 0 Å². The van der Waals surface area contributed by atoms with E-state index >= 15 is 0 Å². The predicted octanol–water partition coefficient (Wildman–Crippen LogP) is 6.00. The number of nitrogens with one attached hydrogen (secondary N) is 1. The number of halogens is 1. The average molecular weight is 552 g/mol. The van der Waals surface area contributed by atoms with Crippen molar-refractivity contribution in [3.63, 3.8) is 0 Å². The second-order valence-corrected chi connectivity index (χ2v) is 10.0. The summed E-state index contributed by atoms with van der Waals surface area (Å²) in [5.41, 5.74) is 4.08. The van der Waals surface area contributed by atoms with Crippen molar-refractivity contribution in [2.45, 2.75) is 59.2 Å². The van der Waals surface area contributed by atoms with E-state index < -0.39 is 6.04 Å². The monoisotopic (exact) mass is 550 g/mol. The highest BCUT2D eigenvalue weighted by Gasteiger charge is 2.31. The summed E-state index contributed by atoms with van der Waals surface area (Å²) in [5.74, 6) is 0.220. The van der Waals surface area contributed by atoms with E-state index in [9.17, 15) is 9.59 Å². The fraction of sp³-hybridized carbons (Fsp3) is 0.333. The van der Waals surface area contributed by atoms with Gasteiger partial charge < -0.3 is 15.0 Å². The molecular formula is C30H35BrN2O3. The maximum atomic E-state index is 13.7. The zero-order valence-electron chi connectivity index (χ0n) is 21.5. The number of benzene rings is 3. The van der Waals surface area contributed by atoms with Gasteiger partial charge in [-0.05, 0) is 67.6 Å². The second kappa shape index (κ2) is 13.3. The lowest BCUT2D eigenvalue weighted by molar-refractivity contribution is -0.143. The largest absolute Gasteiger partial charge is 0.484 e. The number of ether oxygens (including phenoxy) is 1. The molecule has 0 unspecified atom stereocenters. The van der Waals surface area contributed by atoms with Crippen LogP contribution in [0.3, 0.4) is 0 Å². The van der Waals surface area contributed by atoms with Gasteiger partial charge in [0.15, 0.2) is 6.61 Å². The fourth-order valence-electron chi connectivity index (χ4n) is 3.90. The number of amides is 2. The van der Waals surface area contributed by atoms with Crippen LogP contribution in [-0.4, -0.2) is 35.4 Å². The summed E-state index contributed by atoms with van der Waals surface area (Å²) in [6, 6.07) is 22.7. The van der Waals surface area contributed by atoms with Gasteiger partial charge in [-0.1, -0.05) is 77.5 Å². The molecule has 3 aromatic carbocycles. The molecule has 36 heavy (non-hydrogen) atoms. The van der Waals surface area contributed by atoms with Crippen LogP contribution in [0.2, 0.25) is 0 Å². The van der Waals surface area contributed by atoms with Crippen LogP contribution in [0.1, 0.15) is 42.5 Å². The van der Waals surface area contributed by atoms with E-state index in [1.54, 1.807) is 4.90 Å². The molecule has 6 heteroatoms. The van der Waals surface area contributed by atoms with Crippen LogP contribution in [-0.2, 0) is 22.6 Å². The zero-order chi connectivity index (χ0) is 26.1. The number of hydrogen-bond acceptors (Lipinski definition) is 3. The first-order chi connectivity index (χ1) is 17.3. The number of nitrogens with zero attached hydrogens (tertiary/aromatic N) is 1. The summed E-state index contributed by atoms with van der Waals surface area (Å²) in [7, 11) is 0. The van der Waals surface area contributed by atoms with Crippen molar-refractivity contribution >= 4 is 27.7 Å². The first kappa shape index (κ1) is 27.5. The molecule has 1 N–H and O–H groups in total. The molecule has 0 fully saturated rings. The fourth-order valence-corrected chi connectivity index (χ4v) is 4.15. The second-order valence-electron chi connectivity index (χ2n) is 9.17. The molecule has 0 saturated heterocycles. The Hall–Kier alpha value is -3.12. The van der Waals surface area contributed by atoms with Crippen LogP contribution >= 0.6 is 15.9 Å². The molecule has 0 heterocycles. The zero-order valence-corrected chi connectivity index (χ0v) is 23.0. The first-order valence-electron chi connectivity index (χ1n) is 12.4. The van der Waals surface area contributed by atoms with E-state index in [4.69, 9.17) is 4.74 Å². The summed E-state index contributed by atoms with van der Waals surface area (Å²) in [6.45, 7) is 8.16. The van der Waals surface area contributed by atoms with Crippen LogP contribution in [0.5, 0.6) is 5.75 Å². The number of aryl methyl sites for hydroxylation is 2. The van der Waals surface area contributed by atoms with Gasteiger partial charge in [0.25, 0.3) is 5.91 Å². The smallest absolute Gasteiger partial charge is 0.261 e. The maximum absolute atomic E-state index is 13.7. The molecule has 0 aromatic heterocycles. The SMILES string of the molecule is CC[C@H](C)NC(=O)[C@H](Cc1ccccc1)N(Cc1ccccc1C)C(=O)COc1ccc(Br)c(C)c1. The molecule has 0 aliphatic rings. The van der Waals surface area contributed by atoms with E-state index in [-0.39, 0.29) is 24.5 Å². The lowest BCUT2D eigenvalue weighted by atomic mass is 10.0. The standard InChI is InChI=1S/C30H35BrN2O3/c1-5-23(4)32-30(35)28(18-24-12-7-6-8-13-24)33(19-25-14-10-9-11-21(25)2)29(34)20-36-26-15-16-27(31)22(3)17-26/h6-17,23,28H,5,18-20H2,1-4H3,(H,32,35)/t23-,28-/m0/s1. The third-order valence-corrected chi connectivity index (χ3v) is 7.26. The van der Waals surface area contributed by atoms with E-state index in [1.807, 2.05) is 100 Å². The Bertz CT molecular complexity index is 1170. The first-order valence-corrected chi connectivity index (χ1v) is 13.1. The maximum Gasteiger partial charge on any atom is 0.261 e. The molecule has 2 atom stereocenters. The lowest BCUT2D eigenvalue weighted by Crippen LogP contribution is -2.53. The van der Waals surface area contributed by atoms with E-state index in [0.717, 1.165) is 33.1 Å². The van der Waals surface area contributed by atoms with Gasteiger partial charge in [-0.25, -0.2) is 0 Å².